The van der Waals surface area contributed by atoms with Crippen molar-refractivity contribution in [2.75, 3.05) is 31.2 Å². The van der Waals surface area contributed by atoms with E-state index >= 15 is 0 Å². The number of carbonyl (C=O) groups is 3. The fraction of sp³-hybridized carbons (Fsp3) is 0.593. The molecular formula is C27H32N4O6. The van der Waals surface area contributed by atoms with Gasteiger partial charge < -0.3 is 9.64 Å². The van der Waals surface area contributed by atoms with Crippen molar-refractivity contribution in [2.45, 2.75) is 51.5 Å². The van der Waals surface area contributed by atoms with Crippen molar-refractivity contribution in [1.82, 2.24) is 10.2 Å². The van der Waals surface area contributed by atoms with Crippen molar-refractivity contribution in [3.05, 3.63) is 39.4 Å². The van der Waals surface area contributed by atoms with E-state index in [1.165, 1.54) is 36.3 Å². The van der Waals surface area contributed by atoms with Gasteiger partial charge >= 0.3 is 6.03 Å². The molecule has 1 aromatic rings. The van der Waals surface area contributed by atoms with Crippen LogP contribution >= 0.6 is 0 Å². The van der Waals surface area contributed by atoms with Crippen LogP contribution in [0.4, 0.5) is 16.2 Å². The molecule has 6 fully saturated rings. The number of amides is 4. The van der Waals surface area contributed by atoms with Crippen molar-refractivity contribution in [2.24, 2.45) is 23.2 Å². The van der Waals surface area contributed by atoms with Gasteiger partial charge in [-0.3, -0.25) is 29.9 Å². The van der Waals surface area contributed by atoms with Crippen LogP contribution in [0.15, 0.2) is 23.8 Å². The number of carbonyl (C=O) groups excluding carboxylic acids is 3. The number of hydrogen-bond acceptors (Lipinski definition) is 7. The first-order valence-corrected chi connectivity index (χ1v) is 13.3. The molecule has 2 saturated heterocycles. The van der Waals surface area contributed by atoms with Crippen molar-refractivity contribution < 1.29 is 24.0 Å². The third-order valence-electron chi connectivity index (χ3n) is 9.35. The molecule has 7 rings (SSSR count). The minimum Gasteiger partial charge on any atom is -0.378 e. The minimum absolute atomic E-state index is 0.102. The predicted octanol–water partition coefficient (Wildman–Crippen LogP) is 3.50. The van der Waals surface area contributed by atoms with E-state index in [-0.39, 0.29) is 22.7 Å². The smallest absolute Gasteiger partial charge is 0.331 e. The number of nitrogens with one attached hydrogen (secondary N) is 1. The van der Waals surface area contributed by atoms with Crippen molar-refractivity contribution in [3.63, 3.8) is 0 Å². The number of morpholine rings is 1. The summed E-state index contributed by atoms with van der Waals surface area (Å²) in [5, 5.41) is 14.2. The number of anilines is 1. The fourth-order valence-corrected chi connectivity index (χ4v) is 8.00. The Morgan fingerprint density at radius 1 is 1.08 bits per heavy atom. The van der Waals surface area contributed by atoms with Crippen molar-refractivity contribution in [3.8, 4) is 0 Å². The number of hydrogen-bond donors (Lipinski definition) is 1. The Bertz CT molecular complexity index is 1170. The second-order valence-electron chi connectivity index (χ2n) is 11.6. The van der Waals surface area contributed by atoms with Crippen molar-refractivity contribution in [1.29, 1.82) is 0 Å². The molecule has 4 aliphatic carbocycles. The average Bonchev–Trinajstić information content (AvgIpc) is 2.86. The highest BCUT2D eigenvalue weighted by Crippen LogP contribution is 2.62. The number of urea groups is 1. The van der Waals surface area contributed by atoms with Gasteiger partial charge in [-0.15, -0.1) is 0 Å². The summed E-state index contributed by atoms with van der Waals surface area (Å²) in [5.41, 5.74) is 0.451. The molecule has 0 aromatic heterocycles. The minimum atomic E-state index is -0.774. The van der Waals surface area contributed by atoms with Gasteiger partial charge in [-0.05, 0) is 86.3 Å². The number of nitrogens with zero attached hydrogens (tertiary/aromatic N) is 3. The zero-order valence-electron chi connectivity index (χ0n) is 21.0. The molecule has 196 valence electrons. The summed E-state index contributed by atoms with van der Waals surface area (Å²) in [6, 6.07) is 3.67. The number of nitro groups is 1. The third kappa shape index (κ3) is 4.11. The van der Waals surface area contributed by atoms with Gasteiger partial charge in [0.15, 0.2) is 0 Å². The van der Waals surface area contributed by atoms with Crippen LogP contribution in [0.1, 0.15) is 51.0 Å². The summed E-state index contributed by atoms with van der Waals surface area (Å²) >= 11 is 0. The summed E-state index contributed by atoms with van der Waals surface area (Å²) < 4.78 is 5.35. The number of nitro benzene ring substituents is 1. The molecule has 10 nitrogen and oxygen atoms in total. The Labute approximate surface area is 215 Å². The standard InChI is InChI=1S/C27H32N4O6/c1-16(27-13-18-8-19(14-27)10-20(9-18)15-27)30-25(33)21(24(32)28-26(30)34)11-17-2-3-22(23(12-17)31(35)36)29-4-6-37-7-5-29/h2-3,11-12,16,18-20H,4-10,13-15H2,1H3,(H,28,32,34). The molecule has 2 heterocycles. The molecule has 10 heteroatoms. The van der Waals surface area contributed by atoms with E-state index in [1.54, 1.807) is 12.1 Å². The molecule has 1 atom stereocenters. The highest BCUT2D eigenvalue weighted by atomic mass is 16.6. The molecule has 2 aliphatic heterocycles. The molecule has 0 spiro atoms. The number of barbiturate groups is 1. The maximum Gasteiger partial charge on any atom is 0.331 e. The Morgan fingerprint density at radius 3 is 2.30 bits per heavy atom. The van der Waals surface area contributed by atoms with Crippen LogP contribution in [0.3, 0.4) is 0 Å². The maximum absolute atomic E-state index is 13.6. The third-order valence-corrected chi connectivity index (χ3v) is 9.35. The Hall–Kier alpha value is -3.27. The molecule has 0 radical (unpaired) electrons. The molecule has 6 aliphatic rings. The van der Waals surface area contributed by atoms with Gasteiger partial charge in [-0.1, -0.05) is 6.07 Å². The lowest BCUT2D eigenvalue weighted by molar-refractivity contribution is -0.384. The quantitative estimate of drug-likeness (QED) is 0.280. The summed E-state index contributed by atoms with van der Waals surface area (Å²) in [6.07, 6.45) is 8.14. The van der Waals surface area contributed by atoms with Gasteiger partial charge in [0.25, 0.3) is 17.5 Å². The first-order valence-electron chi connectivity index (χ1n) is 13.3. The number of imide groups is 2. The van der Waals surface area contributed by atoms with E-state index in [2.05, 4.69) is 5.32 Å². The van der Waals surface area contributed by atoms with Gasteiger partial charge in [-0.2, -0.15) is 0 Å². The molecule has 4 bridgehead atoms. The predicted molar refractivity (Wildman–Crippen MR) is 135 cm³/mol. The lowest BCUT2D eigenvalue weighted by atomic mass is 9.47. The lowest BCUT2D eigenvalue weighted by Crippen LogP contribution is -2.63. The van der Waals surface area contributed by atoms with Gasteiger partial charge in [0.2, 0.25) is 0 Å². The van der Waals surface area contributed by atoms with Gasteiger partial charge in [0, 0.05) is 25.2 Å². The van der Waals surface area contributed by atoms with Crippen molar-refractivity contribution >= 4 is 35.3 Å². The van der Waals surface area contributed by atoms with Crippen LogP contribution in [0.5, 0.6) is 0 Å². The lowest BCUT2D eigenvalue weighted by Gasteiger charge is -2.60. The van der Waals surface area contributed by atoms with Crippen LogP contribution in [0, 0.1) is 33.3 Å². The van der Waals surface area contributed by atoms with Gasteiger partial charge in [0.05, 0.1) is 18.1 Å². The first kappa shape index (κ1) is 24.1. The van der Waals surface area contributed by atoms with E-state index in [4.69, 9.17) is 4.74 Å². The summed E-state index contributed by atoms with van der Waals surface area (Å²) in [6.45, 7) is 4.01. The zero-order chi connectivity index (χ0) is 25.9. The summed E-state index contributed by atoms with van der Waals surface area (Å²) in [5.74, 6) is 0.553. The van der Waals surface area contributed by atoms with Crippen LogP contribution in [-0.2, 0) is 14.3 Å². The largest absolute Gasteiger partial charge is 0.378 e. The number of benzene rings is 1. The SMILES string of the molecule is CC(N1C(=O)NC(=O)C(=Cc2ccc(N3CCOCC3)c([N+](=O)[O-])c2)C1=O)C12CC3CC(CC(C3)C1)C2. The number of ether oxygens (including phenoxy) is 1. The number of rotatable bonds is 5. The Kier molecular flexibility index (Phi) is 5.82. The molecular weight excluding hydrogens is 476 g/mol. The summed E-state index contributed by atoms with van der Waals surface area (Å²) in [7, 11) is 0. The van der Waals surface area contributed by atoms with E-state index in [1.807, 2.05) is 11.8 Å². The van der Waals surface area contributed by atoms with Crippen LogP contribution < -0.4 is 10.2 Å². The van der Waals surface area contributed by atoms with Gasteiger partial charge in [-0.25, -0.2) is 4.79 Å². The maximum atomic E-state index is 13.6. The molecule has 37 heavy (non-hydrogen) atoms. The molecule has 4 amide bonds. The second kappa shape index (κ2) is 8.93. The van der Waals surface area contributed by atoms with Crippen LogP contribution in [-0.4, -0.2) is 60.0 Å². The Balaban J connectivity index is 1.30. The fourth-order valence-electron chi connectivity index (χ4n) is 8.00. The molecule has 1 N–H and O–H groups in total. The van der Waals surface area contributed by atoms with Gasteiger partial charge in [0.1, 0.15) is 11.3 Å². The Morgan fingerprint density at radius 2 is 1.70 bits per heavy atom. The average molecular weight is 509 g/mol. The second-order valence-corrected chi connectivity index (χ2v) is 11.6. The van der Waals surface area contributed by atoms with E-state index in [0.29, 0.717) is 55.3 Å². The van der Waals surface area contributed by atoms with E-state index in [0.717, 1.165) is 19.3 Å². The highest BCUT2D eigenvalue weighted by molar-refractivity contribution is 6.31. The van der Waals surface area contributed by atoms with E-state index < -0.39 is 22.8 Å². The van der Waals surface area contributed by atoms with Crippen LogP contribution in [0.25, 0.3) is 6.08 Å². The van der Waals surface area contributed by atoms with E-state index in [9.17, 15) is 24.5 Å². The molecule has 1 unspecified atom stereocenters. The summed E-state index contributed by atoms with van der Waals surface area (Å²) in [4.78, 5) is 53.9. The molecule has 4 saturated carbocycles. The monoisotopic (exact) mass is 508 g/mol. The van der Waals surface area contributed by atoms with Crippen LogP contribution in [0.2, 0.25) is 0 Å². The zero-order valence-corrected chi connectivity index (χ0v) is 21.0. The normalized spacial score (nSPS) is 33.2. The topological polar surface area (TPSA) is 122 Å². The molecule has 1 aromatic carbocycles. The first-order chi connectivity index (χ1) is 17.7. The highest BCUT2D eigenvalue weighted by Gasteiger charge is 2.56.